The van der Waals surface area contributed by atoms with Gasteiger partial charge in [0.15, 0.2) is 0 Å². The summed E-state index contributed by atoms with van der Waals surface area (Å²) in [6.45, 7) is 5.28. The number of carbonyl (C=O) groups is 2. The fourth-order valence-electron chi connectivity index (χ4n) is 0.832. The highest BCUT2D eigenvalue weighted by Crippen LogP contribution is 2.08. The van der Waals surface area contributed by atoms with Crippen molar-refractivity contribution in [3.63, 3.8) is 0 Å². The average Bonchev–Trinajstić information content (AvgIpc) is 2.14. The maximum Gasteiger partial charge on any atom is 0.329 e. The van der Waals surface area contributed by atoms with Gasteiger partial charge < -0.3 is 15.2 Å². The smallest absolute Gasteiger partial charge is 0.329 e. The first-order chi connectivity index (χ1) is 6.46. The summed E-state index contributed by atoms with van der Waals surface area (Å²) in [5.74, 6) is -1.44. The van der Waals surface area contributed by atoms with E-state index in [1.54, 1.807) is 13.8 Å². The largest absolute Gasteiger partial charge is 0.480 e. The van der Waals surface area contributed by atoms with Gasteiger partial charge in [-0.05, 0) is 20.3 Å². The average molecular weight is 203 g/mol. The fraction of sp³-hybridized carbons (Fsp3) is 0.778. The normalized spacial score (nSPS) is 14.5. The molecule has 0 saturated carbocycles. The Morgan fingerprint density at radius 2 is 2.00 bits per heavy atom. The number of aliphatic carboxylic acids is 1. The van der Waals surface area contributed by atoms with E-state index in [0.717, 1.165) is 0 Å². The molecular weight excluding hydrogens is 186 g/mol. The molecule has 5 heteroatoms. The molecule has 0 rings (SSSR count). The van der Waals surface area contributed by atoms with Crippen molar-refractivity contribution >= 4 is 11.9 Å². The minimum absolute atomic E-state index is 0.0978. The number of carbonyl (C=O) groups excluding carboxylic acids is 1. The number of amides is 1. The van der Waals surface area contributed by atoms with Crippen LogP contribution >= 0.6 is 0 Å². The highest BCUT2D eigenvalue weighted by molar-refractivity contribution is 5.87. The second-order valence-corrected chi connectivity index (χ2v) is 3.18. The first-order valence-corrected chi connectivity index (χ1v) is 4.58. The van der Waals surface area contributed by atoms with E-state index in [4.69, 9.17) is 9.84 Å². The van der Waals surface area contributed by atoms with Crippen LogP contribution in [0.2, 0.25) is 0 Å². The van der Waals surface area contributed by atoms with Crippen LogP contribution in [0.3, 0.4) is 0 Å². The lowest BCUT2D eigenvalue weighted by Gasteiger charge is -2.24. The number of ether oxygens (including phenoxy) is 1. The van der Waals surface area contributed by atoms with Crippen molar-refractivity contribution in [3.05, 3.63) is 0 Å². The van der Waals surface area contributed by atoms with Crippen LogP contribution in [0.5, 0.6) is 0 Å². The Hall–Kier alpha value is -1.10. The molecule has 14 heavy (non-hydrogen) atoms. The van der Waals surface area contributed by atoms with Crippen molar-refractivity contribution in [2.24, 2.45) is 0 Å². The third-order valence-corrected chi connectivity index (χ3v) is 2.03. The van der Waals surface area contributed by atoms with Crippen LogP contribution in [-0.2, 0) is 14.3 Å². The second-order valence-electron chi connectivity index (χ2n) is 3.18. The van der Waals surface area contributed by atoms with Gasteiger partial charge in [-0.1, -0.05) is 6.92 Å². The van der Waals surface area contributed by atoms with E-state index >= 15 is 0 Å². The lowest BCUT2D eigenvalue weighted by Crippen LogP contribution is -2.52. The molecule has 0 bridgehead atoms. The lowest BCUT2D eigenvalue weighted by molar-refractivity contribution is -0.147. The van der Waals surface area contributed by atoms with Gasteiger partial charge in [0.2, 0.25) is 5.91 Å². The van der Waals surface area contributed by atoms with Crippen LogP contribution in [0.4, 0.5) is 0 Å². The molecule has 0 aliphatic rings. The SMILES string of the molecule is CCOCC(=O)NC(C)(CC)C(=O)O. The van der Waals surface area contributed by atoms with E-state index < -0.39 is 17.4 Å². The van der Waals surface area contributed by atoms with Gasteiger partial charge >= 0.3 is 5.97 Å². The second kappa shape index (κ2) is 5.59. The van der Waals surface area contributed by atoms with E-state index in [2.05, 4.69) is 5.32 Å². The van der Waals surface area contributed by atoms with Gasteiger partial charge in [0.25, 0.3) is 0 Å². The van der Waals surface area contributed by atoms with Gasteiger partial charge in [-0.25, -0.2) is 4.79 Å². The predicted octanol–water partition coefficient (Wildman–Crippen LogP) is 0.392. The zero-order valence-corrected chi connectivity index (χ0v) is 8.79. The molecule has 0 aromatic heterocycles. The summed E-state index contributed by atoms with van der Waals surface area (Å²) in [5.41, 5.74) is -1.20. The van der Waals surface area contributed by atoms with Crippen molar-refractivity contribution in [2.45, 2.75) is 32.7 Å². The summed E-state index contributed by atoms with van der Waals surface area (Å²) in [4.78, 5) is 22.0. The predicted molar refractivity (Wildman–Crippen MR) is 51.0 cm³/mol. The molecule has 2 N–H and O–H groups in total. The van der Waals surface area contributed by atoms with Crippen molar-refractivity contribution in [2.75, 3.05) is 13.2 Å². The Labute approximate surface area is 83.4 Å². The lowest BCUT2D eigenvalue weighted by atomic mass is 9.99. The van der Waals surface area contributed by atoms with E-state index in [-0.39, 0.29) is 6.61 Å². The Kier molecular flexibility index (Phi) is 5.15. The molecule has 0 radical (unpaired) electrons. The van der Waals surface area contributed by atoms with Gasteiger partial charge in [0, 0.05) is 6.61 Å². The Morgan fingerprint density at radius 1 is 1.43 bits per heavy atom. The standard InChI is InChI=1S/C9H17NO4/c1-4-9(3,8(12)13)10-7(11)6-14-5-2/h4-6H2,1-3H3,(H,10,11)(H,12,13). The van der Waals surface area contributed by atoms with E-state index in [1.807, 2.05) is 0 Å². The molecule has 0 aliphatic heterocycles. The quantitative estimate of drug-likeness (QED) is 0.655. The maximum absolute atomic E-state index is 11.2. The van der Waals surface area contributed by atoms with Crippen molar-refractivity contribution < 1.29 is 19.4 Å². The zero-order valence-electron chi connectivity index (χ0n) is 8.79. The summed E-state index contributed by atoms with van der Waals surface area (Å²) < 4.78 is 4.86. The van der Waals surface area contributed by atoms with Gasteiger partial charge in [-0.2, -0.15) is 0 Å². The van der Waals surface area contributed by atoms with Crippen LogP contribution < -0.4 is 5.32 Å². The van der Waals surface area contributed by atoms with Gasteiger partial charge in [0.1, 0.15) is 12.1 Å². The highest BCUT2D eigenvalue weighted by atomic mass is 16.5. The molecule has 1 atom stereocenters. The van der Waals surface area contributed by atoms with E-state index in [0.29, 0.717) is 13.0 Å². The molecule has 1 unspecified atom stereocenters. The third kappa shape index (κ3) is 3.74. The molecular formula is C9H17NO4. The van der Waals surface area contributed by atoms with Crippen LogP contribution in [0.15, 0.2) is 0 Å². The summed E-state index contributed by atoms with van der Waals surface area (Å²) in [7, 11) is 0. The summed E-state index contributed by atoms with van der Waals surface area (Å²) >= 11 is 0. The minimum atomic E-state index is -1.20. The highest BCUT2D eigenvalue weighted by Gasteiger charge is 2.32. The summed E-state index contributed by atoms with van der Waals surface area (Å²) in [6.07, 6.45) is 0.334. The molecule has 1 amide bonds. The molecule has 0 aliphatic carbocycles. The van der Waals surface area contributed by atoms with Crippen LogP contribution in [-0.4, -0.2) is 35.7 Å². The number of hydrogen-bond donors (Lipinski definition) is 2. The molecule has 0 saturated heterocycles. The fourth-order valence-corrected chi connectivity index (χ4v) is 0.832. The van der Waals surface area contributed by atoms with E-state index in [1.165, 1.54) is 6.92 Å². The third-order valence-electron chi connectivity index (χ3n) is 2.03. The number of carboxylic acids is 1. The van der Waals surface area contributed by atoms with Crippen molar-refractivity contribution in [1.29, 1.82) is 0 Å². The summed E-state index contributed by atoms with van der Waals surface area (Å²) in [5, 5.41) is 11.3. The molecule has 82 valence electrons. The molecule has 0 fully saturated rings. The van der Waals surface area contributed by atoms with Crippen LogP contribution in [0.1, 0.15) is 27.2 Å². The van der Waals surface area contributed by atoms with Crippen molar-refractivity contribution in [1.82, 2.24) is 5.32 Å². The van der Waals surface area contributed by atoms with Gasteiger partial charge in [-0.15, -0.1) is 0 Å². The van der Waals surface area contributed by atoms with Crippen LogP contribution in [0, 0.1) is 0 Å². The number of hydrogen-bond acceptors (Lipinski definition) is 3. The molecule has 0 spiro atoms. The summed E-state index contributed by atoms with van der Waals surface area (Å²) in [6, 6.07) is 0. The van der Waals surface area contributed by atoms with Gasteiger partial charge in [-0.3, -0.25) is 4.79 Å². The maximum atomic E-state index is 11.2. The Bertz CT molecular complexity index is 217. The Morgan fingerprint density at radius 3 is 2.36 bits per heavy atom. The molecule has 0 aromatic carbocycles. The van der Waals surface area contributed by atoms with Gasteiger partial charge in [0.05, 0.1) is 0 Å². The number of rotatable bonds is 6. The molecule has 0 aromatic rings. The zero-order chi connectivity index (χ0) is 11.2. The van der Waals surface area contributed by atoms with Crippen molar-refractivity contribution in [3.8, 4) is 0 Å². The Balaban J connectivity index is 4.18. The molecule has 5 nitrogen and oxygen atoms in total. The topological polar surface area (TPSA) is 75.6 Å². The molecule has 0 heterocycles. The first-order valence-electron chi connectivity index (χ1n) is 4.58. The van der Waals surface area contributed by atoms with Crippen LogP contribution in [0.25, 0.3) is 0 Å². The number of nitrogens with one attached hydrogen (secondary N) is 1. The number of carboxylic acid groups (broad SMARTS) is 1. The first kappa shape index (κ1) is 12.9. The van der Waals surface area contributed by atoms with E-state index in [9.17, 15) is 9.59 Å². The monoisotopic (exact) mass is 203 g/mol. The minimum Gasteiger partial charge on any atom is -0.480 e.